The van der Waals surface area contributed by atoms with Crippen LogP contribution in [0.15, 0.2) is 24.3 Å². The van der Waals surface area contributed by atoms with E-state index in [1.165, 1.54) is 5.56 Å². The van der Waals surface area contributed by atoms with Gasteiger partial charge in [0.15, 0.2) is 0 Å². The number of hydrogen-bond donors (Lipinski definition) is 1. The van der Waals surface area contributed by atoms with Gasteiger partial charge in [-0.3, -0.25) is 0 Å². The van der Waals surface area contributed by atoms with Gasteiger partial charge in [-0.1, -0.05) is 39.0 Å². The Bertz CT molecular complexity index is 360. The van der Waals surface area contributed by atoms with E-state index in [1.807, 2.05) is 6.07 Å². The first kappa shape index (κ1) is 16.0. The van der Waals surface area contributed by atoms with E-state index in [9.17, 15) is 0 Å². The summed E-state index contributed by atoms with van der Waals surface area (Å²) in [7, 11) is 0. The van der Waals surface area contributed by atoms with Crippen molar-refractivity contribution in [2.75, 3.05) is 13.1 Å². The van der Waals surface area contributed by atoms with Gasteiger partial charge in [-0.2, -0.15) is 0 Å². The number of para-hydroxylation sites is 1. The number of ether oxygens (including phenoxy) is 1. The van der Waals surface area contributed by atoms with E-state index in [-0.39, 0.29) is 6.10 Å². The van der Waals surface area contributed by atoms with Crippen molar-refractivity contribution in [1.29, 1.82) is 0 Å². The van der Waals surface area contributed by atoms with Crippen molar-refractivity contribution in [1.82, 2.24) is 5.32 Å². The highest BCUT2D eigenvalue weighted by Gasteiger charge is 2.09. The predicted octanol–water partition coefficient (Wildman–Crippen LogP) is 3.90. The molecule has 2 heteroatoms. The highest BCUT2D eigenvalue weighted by atomic mass is 16.5. The van der Waals surface area contributed by atoms with Gasteiger partial charge in [-0.25, -0.2) is 0 Å². The SMILES string of the molecule is CC(C)CNCC(C)Cc1ccccc1OC(C)C. The molecule has 0 aliphatic rings. The van der Waals surface area contributed by atoms with Crippen LogP contribution in [0.5, 0.6) is 5.75 Å². The number of rotatable bonds is 8. The van der Waals surface area contributed by atoms with Gasteiger partial charge in [0, 0.05) is 0 Å². The van der Waals surface area contributed by atoms with Gasteiger partial charge in [0.25, 0.3) is 0 Å². The van der Waals surface area contributed by atoms with E-state index >= 15 is 0 Å². The van der Waals surface area contributed by atoms with Gasteiger partial charge in [0.1, 0.15) is 5.75 Å². The molecule has 0 aromatic heterocycles. The van der Waals surface area contributed by atoms with Crippen LogP contribution in [0.2, 0.25) is 0 Å². The summed E-state index contributed by atoms with van der Waals surface area (Å²) in [4.78, 5) is 0. The molecule has 0 bridgehead atoms. The maximum absolute atomic E-state index is 5.87. The van der Waals surface area contributed by atoms with Gasteiger partial charge >= 0.3 is 0 Å². The molecule has 1 N–H and O–H groups in total. The molecular weight excluding hydrogens is 234 g/mol. The summed E-state index contributed by atoms with van der Waals surface area (Å²) in [6.45, 7) is 13.1. The zero-order valence-corrected chi connectivity index (χ0v) is 13.1. The smallest absolute Gasteiger partial charge is 0.122 e. The molecule has 1 aromatic rings. The van der Waals surface area contributed by atoms with Crippen molar-refractivity contribution in [2.45, 2.75) is 47.1 Å². The molecule has 0 aliphatic carbocycles. The minimum absolute atomic E-state index is 0.232. The Labute approximate surface area is 118 Å². The average molecular weight is 263 g/mol. The summed E-state index contributed by atoms with van der Waals surface area (Å²) >= 11 is 0. The second kappa shape index (κ2) is 8.21. The first-order chi connectivity index (χ1) is 8.99. The van der Waals surface area contributed by atoms with Gasteiger partial charge in [0.2, 0.25) is 0 Å². The summed E-state index contributed by atoms with van der Waals surface area (Å²) in [6.07, 6.45) is 1.30. The highest BCUT2D eigenvalue weighted by molar-refractivity contribution is 5.33. The van der Waals surface area contributed by atoms with Gasteiger partial charge in [-0.15, -0.1) is 0 Å². The first-order valence-electron chi connectivity index (χ1n) is 7.44. The van der Waals surface area contributed by atoms with Crippen LogP contribution in [0.1, 0.15) is 40.2 Å². The fraction of sp³-hybridized carbons (Fsp3) is 0.647. The topological polar surface area (TPSA) is 21.3 Å². The lowest BCUT2D eigenvalue weighted by atomic mass is 10.00. The maximum atomic E-state index is 5.87. The molecule has 0 aliphatic heterocycles. The van der Waals surface area contributed by atoms with E-state index in [0.29, 0.717) is 11.8 Å². The molecule has 1 atom stereocenters. The second-order valence-electron chi connectivity index (χ2n) is 6.14. The number of nitrogens with one attached hydrogen (secondary N) is 1. The highest BCUT2D eigenvalue weighted by Crippen LogP contribution is 2.22. The zero-order chi connectivity index (χ0) is 14.3. The molecule has 0 spiro atoms. The number of hydrogen-bond acceptors (Lipinski definition) is 2. The Morgan fingerprint density at radius 3 is 2.32 bits per heavy atom. The Balaban J connectivity index is 2.51. The van der Waals surface area contributed by atoms with Crippen molar-refractivity contribution in [2.24, 2.45) is 11.8 Å². The molecule has 0 saturated carbocycles. The zero-order valence-electron chi connectivity index (χ0n) is 13.1. The molecular formula is C17H29NO. The van der Waals surface area contributed by atoms with E-state index in [0.717, 1.165) is 25.3 Å². The third kappa shape index (κ3) is 6.63. The standard InChI is InChI=1S/C17H29NO/c1-13(2)11-18-12-15(5)10-16-8-6-7-9-17(16)19-14(3)4/h6-9,13-15,18H,10-12H2,1-5H3. The first-order valence-corrected chi connectivity index (χ1v) is 7.44. The molecule has 1 aromatic carbocycles. The Morgan fingerprint density at radius 2 is 1.68 bits per heavy atom. The molecule has 0 saturated heterocycles. The van der Waals surface area contributed by atoms with Crippen molar-refractivity contribution < 1.29 is 4.74 Å². The predicted molar refractivity (Wildman–Crippen MR) is 82.8 cm³/mol. The molecule has 19 heavy (non-hydrogen) atoms. The Morgan fingerprint density at radius 1 is 1.00 bits per heavy atom. The normalized spacial score (nSPS) is 13.0. The van der Waals surface area contributed by atoms with E-state index in [2.05, 4.69) is 58.1 Å². The van der Waals surface area contributed by atoms with Crippen LogP contribution in [0.4, 0.5) is 0 Å². The quantitative estimate of drug-likeness (QED) is 0.768. The average Bonchev–Trinajstić information content (AvgIpc) is 2.30. The molecule has 0 heterocycles. The molecule has 2 nitrogen and oxygen atoms in total. The Hall–Kier alpha value is -1.02. The summed E-state index contributed by atoms with van der Waals surface area (Å²) < 4.78 is 5.87. The van der Waals surface area contributed by atoms with Gasteiger partial charge in [0.05, 0.1) is 6.10 Å². The van der Waals surface area contributed by atoms with Crippen LogP contribution >= 0.6 is 0 Å². The van der Waals surface area contributed by atoms with Crippen molar-refractivity contribution in [3.63, 3.8) is 0 Å². The van der Waals surface area contributed by atoms with Crippen LogP contribution < -0.4 is 10.1 Å². The molecule has 1 unspecified atom stereocenters. The van der Waals surface area contributed by atoms with Crippen LogP contribution in [0, 0.1) is 11.8 Å². The fourth-order valence-electron chi connectivity index (χ4n) is 2.11. The molecule has 0 radical (unpaired) electrons. The van der Waals surface area contributed by atoms with E-state index in [1.54, 1.807) is 0 Å². The molecule has 108 valence electrons. The summed E-state index contributed by atoms with van der Waals surface area (Å²) in [5.74, 6) is 2.37. The Kier molecular flexibility index (Phi) is 6.93. The third-order valence-electron chi connectivity index (χ3n) is 2.95. The molecule has 0 fully saturated rings. The van der Waals surface area contributed by atoms with Crippen LogP contribution in [-0.4, -0.2) is 19.2 Å². The minimum atomic E-state index is 0.232. The lowest BCUT2D eigenvalue weighted by Crippen LogP contribution is -2.26. The molecule has 1 rings (SSSR count). The maximum Gasteiger partial charge on any atom is 0.122 e. The summed E-state index contributed by atoms with van der Waals surface area (Å²) in [6, 6.07) is 8.39. The van der Waals surface area contributed by atoms with Crippen molar-refractivity contribution in [3.8, 4) is 5.75 Å². The largest absolute Gasteiger partial charge is 0.491 e. The van der Waals surface area contributed by atoms with Gasteiger partial charge in [-0.05, 0) is 56.8 Å². The lowest BCUT2D eigenvalue weighted by Gasteiger charge is -2.18. The van der Waals surface area contributed by atoms with Crippen molar-refractivity contribution >= 4 is 0 Å². The fourth-order valence-corrected chi connectivity index (χ4v) is 2.11. The van der Waals surface area contributed by atoms with Crippen molar-refractivity contribution in [3.05, 3.63) is 29.8 Å². The summed E-state index contributed by atoms with van der Waals surface area (Å²) in [5.41, 5.74) is 1.31. The van der Waals surface area contributed by atoms with Gasteiger partial charge < -0.3 is 10.1 Å². The minimum Gasteiger partial charge on any atom is -0.491 e. The monoisotopic (exact) mass is 263 g/mol. The second-order valence-corrected chi connectivity index (χ2v) is 6.14. The summed E-state index contributed by atoms with van der Waals surface area (Å²) in [5, 5.41) is 3.52. The van der Waals surface area contributed by atoms with Crippen LogP contribution in [0.3, 0.4) is 0 Å². The van der Waals surface area contributed by atoms with Crippen LogP contribution in [-0.2, 0) is 6.42 Å². The third-order valence-corrected chi connectivity index (χ3v) is 2.95. The number of benzene rings is 1. The van der Waals surface area contributed by atoms with E-state index in [4.69, 9.17) is 4.74 Å². The van der Waals surface area contributed by atoms with Crippen LogP contribution in [0.25, 0.3) is 0 Å². The van der Waals surface area contributed by atoms with E-state index < -0.39 is 0 Å². The lowest BCUT2D eigenvalue weighted by molar-refractivity contribution is 0.239. The molecule has 0 amide bonds.